The summed E-state index contributed by atoms with van der Waals surface area (Å²) in [6, 6.07) is 8.87. The third-order valence-electron chi connectivity index (χ3n) is 4.13. The minimum absolute atomic E-state index is 0.429. The number of hydrogen-bond acceptors (Lipinski definition) is 2. The molecule has 1 aromatic rings. The van der Waals surface area contributed by atoms with Gasteiger partial charge < -0.3 is 10.6 Å². The van der Waals surface area contributed by atoms with Crippen LogP contribution in [-0.4, -0.2) is 19.6 Å². The molecule has 1 aromatic carbocycles. The van der Waals surface area contributed by atoms with Crippen molar-refractivity contribution in [3.05, 3.63) is 29.8 Å². The van der Waals surface area contributed by atoms with E-state index in [0.717, 1.165) is 6.54 Å². The van der Waals surface area contributed by atoms with Crippen molar-refractivity contribution in [3.63, 3.8) is 0 Å². The maximum Gasteiger partial charge on any atom is 0.0379 e. The highest BCUT2D eigenvalue weighted by Crippen LogP contribution is 2.43. The van der Waals surface area contributed by atoms with Gasteiger partial charge >= 0.3 is 0 Å². The van der Waals surface area contributed by atoms with E-state index < -0.39 is 0 Å². The summed E-state index contributed by atoms with van der Waals surface area (Å²) >= 11 is 0. The number of fused-ring (bicyclic) bond motifs is 2. The van der Waals surface area contributed by atoms with Gasteiger partial charge in [-0.3, -0.25) is 0 Å². The lowest BCUT2D eigenvalue weighted by Crippen LogP contribution is -2.33. The lowest BCUT2D eigenvalue weighted by Gasteiger charge is -2.31. The topological polar surface area (TPSA) is 24.1 Å². The molecule has 1 fully saturated rings. The van der Waals surface area contributed by atoms with E-state index in [0.29, 0.717) is 5.41 Å². The molecule has 3 rings (SSSR count). The lowest BCUT2D eigenvalue weighted by atomic mass is 9.74. The molecule has 2 heterocycles. The molecule has 0 aliphatic carbocycles. The standard InChI is InChI=1S/C14H20N2/c1-2-6-13-12(5-1)14(11-16-13)7-3-9-15-10-4-8-14/h1-2,5-6,15-16H,3-4,7-11H2. The molecule has 1 spiro atoms. The van der Waals surface area contributed by atoms with Crippen LogP contribution in [0.5, 0.6) is 0 Å². The molecule has 16 heavy (non-hydrogen) atoms. The third kappa shape index (κ3) is 1.61. The second-order valence-corrected chi connectivity index (χ2v) is 5.14. The highest BCUT2D eigenvalue weighted by Gasteiger charge is 2.37. The maximum atomic E-state index is 3.59. The summed E-state index contributed by atoms with van der Waals surface area (Å²) in [6.07, 6.45) is 5.25. The predicted molar refractivity (Wildman–Crippen MR) is 67.9 cm³/mol. The number of para-hydroxylation sites is 1. The first-order valence-electron chi connectivity index (χ1n) is 6.45. The molecule has 0 saturated carbocycles. The van der Waals surface area contributed by atoms with E-state index in [1.807, 2.05) is 0 Å². The van der Waals surface area contributed by atoms with Crippen molar-refractivity contribution >= 4 is 5.69 Å². The summed E-state index contributed by atoms with van der Waals surface area (Å²) in [7, 11) is 0. The van der Waals surface area contributed by atoms with Crippen LogP contribution in [-0.2, 0) is 5.41 Å². The summed E-state index contributed by atoms with van der Waals surface area (Å²) in [5.74, 6) is 0. The van der Waals surface area contributed by atoms with E-state index in [1.54, 1.807) is 5.56 Å². The Bertz CT molecular complexity index is 365. The number of nitrogens with one attached hydrogen (secondary N) is 2. The zero-order valence-corrected chi connectivity index (χ0v) is 9.76. The average Bonchev–Trinajstić information content (AvgIpc) is 2.64. The first-order valence-corrected chi connectivity index (χ1v) is 6.45. The zero-order valence-electron chi connectivity index (χ0n) is 9.76. The Hall–Kier alpha value is -1.02. The van der Waals surface area contributed by atoms with Gasteiger partial charge in [0.15, 0.2) is 0 Å². The van der Waals surface area contributed by atoms with Crippen molar-refractivity contribution in [3.8, 4) is 0 Å². The van der Waals surface area contributed by atoms with Gasteiger partial charge in [0.25, 0.3) is 0 Å². The van der Waals surface area contributed by atoms with Crippen LogP contribution in [0.15, 0.2) is 24.3 Å². The van der Waals surface area contributed by atoms with Crippen molar-refractivity contribution in [1.29, 1.82) is 0 Å². The van der Waals surface area contributed by atoms with Crippen LogP contribution < -0.4 is 10.6 Å². The van der Waals surface area contributed by atoms with E-state index in [9.17, 15) is 0 Å². The van der Waals surface area contributed by atoms with Gasteiger partial charge in [0.2, 0.25) is 0 Å². The van der Waals surface area contributed by atoms with Gasteiger partial charge in [-0.2, -0.15) is 0 Å². The number of benzene rings is 1. The monoisotopic (exact) mass is 216 g/mol. The molecule has 0 bridgehead atoms. The lowest BCUT2D eigenvalue weighted by molar-refractivity contribution is 0.348. The van der Waals surface area contributed by atoms with E-state index >= 15 is 0 Å². The summed E-state index contributed by atoms with van der Waals surface area (Å²) in [6.45, 7) is 3.51. The van der Waals surface area contributed by atoms with Crippen LogP contribution in [0.2, 0.25) is 0 Å². The highest BCUT2D eigenvalue weighted by atomic mass is 14.9. The average molecular weight is 216 g/mol. The summed E-state index contributed by atoms with van der Waals surface area (Å²) < 4.78 is 0. The zero-order chi connectivity index (χ0) is 10.8. The summed E-state index contributed by atoms with van der Waals surface area (Å²) in [5, 5.41) is 7.09. The Morgan fingerprint density at radius 1 is 1.00 bits per heavy atom. The predicted octanol–water partition coefficient (Wildman–Crippen LogP) is 2.51. The fourth-order valence-electron chi connectivity index (χ4n) is 3.26. The first-order chi connectivity index (χ1) is 7.91. The first kappa shape index (κ1) is 10.2. The van der Waals surface area contributed by atoms with Crippen molar-refractivity contribution in [2.75, 3.05) is 25.0 Å². The second-order valence-electron chi connectivity index (χ2n) is 5.14. The van der Waals surface area contributed by atoms with Crippen LogP contribution in [0.3, 0.4) is 0 Å². The Kier molecular flexibility index (Phi) is 2.60. The molecule has 2 nitrogen and oxygen atoms in total. The quantitative estimate of drug-likeness (QED) is 0.696. The molecule has 0 unspecified atom stereocenters. The maximum absolute atomic E-state index is 3.59. The molecule has 0 atom stereocenters. The minimum Gasteiger partial charge on any atom is -0.384 e. The smallest absolute Gasteiger partial charge is 0.0379 e. The summed E-state index contributed by atoms with van der Waals surface area (Å²) in [5.41, 5.74) is 3.37. The van der Waals surface area contributed by atoms with Crippen LogP contribution in [0.4, 0.5) is 5.69 Å². The fourth-order valence-corrected chi connectivity index (χ4v) is 3.26. The van der Waals surface area contributed by atoms with Crippen molar-refractivity contribution in [1.82, 2.24) is 5.32 Å². The molecule has 2 aliphatic rings. The highest BCUT2D eigenvalue weighted by molar-refractivity contribution is 5.60. The number of rotatable bonds is 0. The van der Waals surface area contributed by atoms with Crippen molar-refractivity contribution < 1.29 is 0 Å². The van der Waals surface area contributed by atoms with Crippen molar-refractivity contribution in [2.24, 2.45) is 0 Å². The van der Waals surface area contributed by atoms with E-state index in [2.05, 4.69) is 34.9 Å². The van der Waals surface area contributed by atoms with Crippen LogP contribution in [0, 0.1) is 0 Å². The van der Waals surface area contributed by atoms with E-state index in [4.69, 9.17) is 0 Å². The van der Waals surface area contributed by atoms with Gasteiger partial charge in [-0.15, -0.1) is 0 Å². The number of hydrogen-bond donors (Lipinski definition) is 2. The molecule has 1 saturated heterocycles. The van der Waals surface area contributed by atoms with Crippen LogP contribution in [0.1, 0.15) is 31.2 Å². The largest absolute Gasteiger partial charge is 0.384 e. The Labute approximate surface area is 97.4 Å². The fraction of sp³-hybridized carbons (Fsp3) is 0.571. The molecule has 0 radical (unpaired) electrons. The molecule has 0 aromatic heterocycles. The Morgan fingerprint density at radius 3 is 2.56 bits per heavy atom. The molecule has 2 heteroatoms. The van der Waals surface area contributed by atoms with E-state index in [-0.39, 0.29) is 0 Å². The molecule has 86 valence electrons. The van der Waals surface area contributed by atoms with Crippen molar-refractivity contribution in [2.45, 2.75) is 31.1 Å². The second kappa shape index (κ2) is 4.10. The van der Waals surface area contributed by atoms with Gasteiger partial charge in [0.1, 0.15) is 0 Å². The Balaban J connectivity index is 1.92. The Morgan fingerprint density at radius 2 is 1.75 bits per heavy atom. The normalized spacial score (nSPS) is 23.2. The van der Waals surface area contributed by atoms with Gasteiger partial charge in [-0.05, 0) is 50.4 Å². The van der Waals surface area contributed by atoms with Gasteiger partial charge in [-0.1, -0.05) is 18.2 Å². The molecular weight excluding hydrogens is 196 g/mol. The number of anilines is 1. The minimum atomic E-state index is 0.429. The van der Waals surface area contributed by atoms with Gasteiger partial charge in [0, 0.05) is 17.6 Å². The molecule has 0 amide bonds. The van der Waals surface area contributed by atoms with Crippen LogP contribution in [0.25, 0.3) is 0 Å². The SMILES string of the molecule is c1ccc2c(c1)NCC21CCCNCCC1. The third-order valence-corrected chi connectivity index (χ3v) is 4.13. The van der Waals surface area contributed by atoms with Gasteiger partial charge in [0.05, 0.1) is 0 Å². The molecule has 2 N–H and O–H groups in total. The molecular formula is C14H20N2. The molecule has 2 aliphatic heterocycles. The van der Waals surface area contributed by atoms with E-state index in [1.165, 1.54) is 44.5 Å². The van der Waals surface area contributed by atoms with Crippen LogP contribution >= 0.6 is 0 Å². The summed E-state index contributed by atoms with van der Waals surface area (Å²) in [4.78, 5) is 0. The van der Waals surface area contributed by atoms with Gasteiger partial charge in [-0.25, -0.2) is 0 Å².